The summed E-state index contributed by atoms with van der Waals surface area (Å²) in [7, 11) is 1.72. The first-order valence-corrected chi connectivity index (χ1v) is 7.13. The molecule has 1 aromatic heterocycles. The van der Waals surface area contributed by atoms with Crippen LogP contribution < -0.4 is 10.1 Å². The molecule has 1 aliphatic rings. The van der Waals surface area contributed by atoms with E-state index in [1.54, 1.807) is 7.11 Å². The third kappa shape index (κ3) is 3.36. The fourth-order valence-corrected chi connectivity index (χ4v) is 2.33. The molecule has 0 unspecified atom stereocenters. The van der Waals surface area contributed by atoms with Crippen LogP contribution in [0.4, 0.5) is 0 Å². The predicted molar refractivity (Wildman–Crippen MR) is 79.9 cm³/mol. The summed E-state index contributed by atoms with van der Waals surface area (Å²) in [5.41, 5.74) is 3.97. The second kappa shape index (κ2) is 6.06. The zero-order chi connectivity index (χ0) is 13.8. The number of rotatable bonds is 6. The van der Waals surface area contributed by atoms with Gasteiger partial charge in [0.05, 0.1) is 7.11 Å². The predicted octanol–water partition coefficient (Wildman–Crippen LogP) is 2.93. The van der Waals surface area contributed by atoms with E-state index in [-0.39, 0.29) is 0 Å². The minimum atomic E-state index is 0.718. The van der Waals surface area contributed by atoms with Crippen molar-refractivity contribution >= 4 is 0 Å². The maximum atomic E-state index is 5.34. The van der Waals surface area contributed by atoms with Crippen molar-refractivity contribution in [3.05, 3.63) is 59.4 Å². The average Bonchev–Trinajstić information content (AvgIpc) is 3.31. The fourth-order valence-electron chi connectivity index (χ4n) is 2.33. The lowest BCUT2D eigenvalue weighted by atomic mass is 10.00. The van der Waals surface area contributed by atoms with Crippen molar-refractivity contribution in [1.29, 1.82) is 0 Å². The minimum Gasteiger partial charge on any atom is -0.497 e. The third-order valence-corrected chi connectivity index (χ3v) is 3.72. The molecule has 0 bridgehead atoms. The standard InChI is InChI=1S/C17H20N2O/c1-20-17-5-2-14(10-13-6-8-18-9-7-13)15(11-17)12-19-16-3-4-16/h2,5-9,11,16,19H,3-4,10,12H2,1H3. The number of benzene rings is 1. The molecule has 1 aliphatic carbocycles. The Kier molecular flexibility index (Phi) is 3.97. The SMILES string of the molecule is COc1ccc(Cc2ccncc2)c(CNC2CC2)c1. The first kappa shape index (κ1) is 13.1. The van der Waals surface area contributed by atoms with Crippen LogP contribution in [0.25, 0.3) is 0 Å². The van der Waals surface area contributed by atoms with E-state index >= 15 is 0 Å². The van der Waals surface area contributed by atoms with Gasteiger partial charge >= 0.3 is 0 Å². The van der Waals surface area contributed by atoms with Crippen LogP contribution in [0.15, 0.2) is 42.7 Å². The Morgan fingerprint density at radius 1 is 1.15 bits per heavy atom. The van der Waals surface area contributed by atoms with Gasteiger partial charge in [-0.2, -0.15) is 0 Å². The first-order chi connectivity index (χ1) is 9.85. The molecule has 0 spiro atoms. The van der Waals surface area contributed by atoms with Gasteiger partial charge in [0.2, 0.25) is 0 Å². The number of nitrogens with zero attached hydrogens (tertiary/aromatic N) is 1. The van der Waals surface area contributed by atoms with Crippen molar-refractivity contribution in [2.24, 2.45) is 0 Å². The highest BCUT2D eigenvalue weighted by atomic mass is 16.5. The first-order valence-electron chi connectivity index (χ1n) is 7.13. The second-order valence-electron chi connectivity index (χ2n) is 5.32. The average molecular weight is 268 g/mol. The Bertz CT molecular complexity index is 564. The van der Waals surface area contributed by atoms with Crippen LogP contribution in [0.5, 0.6) is 5.75 Å². The molecule has 2 aromatic rings. The van der Waals surface area contributed by atoms with Crippen molar-refractivity contribution in [3.63, 3.8) is 0 Å². The Labute approximate surface area is 120 Å². The summed E-state index contributed by atoms with van der Waals surface area (Å²) < 4.78 is 5.34. The Morgan fingerprint density at radius 3 is 2.65 bits per heavy atom. The summed E-state index contributed by atoms with van der Waals surface area (Å²) in [6.45, 7) is 0.919. The topological polar surface area (TPSA) is 34.1 Å². The molecule has 1 saturated carbocycles. The monoisotopic (exact) mass is 268 g/mol. The zero-order valence-electron chi connectivity index (χ0n) is 11.8. The van der Waals surface area contributed by atoms with Gasteiger partial charge in [0.25, 0.3) is 0 Å². The van der Waals surface area contributed by atoms with Gasteiger partial charge in [-0.1, -0.05) is 6.07 Å². The molecular weight excluding hydrogens is 248 g/mol. The van der Waals surface area contributed by atoms with Gasteiger partial charge in [-0.05, 0) is 60.2 Å². The second-order valence-corrected chi connectivity index (χ2v) is 5.32. The molecule has 1 fully saturated rings. The number of methoxy groups -OCH3 is 1. The molecule has 1 aromatic carbocycles. The Hall–Kier alpha value is -1.87. The molecule has 0 aliphatic heterocycles. The normalized spacial score (nSPS) is 14.2. The number of pyridine rings is 1. The molecule has 0 amide bonds. The number of nitrogens with one attached hydrogen (secondary N) is 1. The number of hydrogen-bond donors (Lipinski definition) is 1. The van der Waals surface area contributed by atoms with Crippen molar-refractivity contribution < 1.29 is 4.74 Å². The lowest BCUT2D eigenvalue weighted by Crippen LogP contribution is -2.16. The maximum absolute atomic E-state index is 5.34. The van der Waals surface area contributed by atoms with Crippen LogP contribution in [0.3, 0.4) is 0 Å². The minimum absolute atomic E-state index is 0.718. The Balaban J connectivity index is 1.79. The van der Waals surface area contributed by atoms with E-state index in [2.05, 4.69) is 34.6 Å². The highest BCUT2D eigenvalue weighted by Gasteiger charge is 2.20. The number of ether oxygens (including phenoxy) is 1. The summed E-state index contributed by atoms with van der Waals surface area (Å²) in [6, 6.07) is 11.2. The highest BCUT2D eigenvalue weighted by Crippen LogP contribution is 2.23. The molecule has 20 heavy (non-hydrogen) atoms. The van der Waals surface area contributed by atoms with Crippen LogP contribution in [-0.4, -0.2) is 18.1 Å². The van der Waals surface area contributed by atoms with Gasteiger partial charge < -0.3 is 10.1 Å². The summed E-state index contributed by atoms with van der Waals surface area (Å²) in [6.07, 6.45) is 7.25. The molecule has 3 heteroatoms. The van der Waals surface area contributed by atoms with E-state index in [1.807, 2.05) is 18.5 Å². The largest absolute Gasteiger partial charge is 0.497 e. The van der Waals surface area contributed by atoms with E-state index in [9.17, 15) is 0 Å². The van der Waals surface area contributed by atoms with Crippen molar-refractivity contribution in [2.45, 2.75) is 31.8 Å². The molecule has 0 radical (unpaired) electrons. The maximum Gasteiger partial charge on any atom is 0.119 e. The van der Waals surface area contributed by atoms with Crippen LogP contribution >= 0.6 is 0 Å². The van der Waals surface area contributed by atoms with Crippen molar-refractivity contribution in [3.8, 4) is 5.75 Å². The van der Waals surface area contributed by atoms with Crippen molar-refractivity contribution in [2.75, 3.05) is 7.11 Å². The summed E-state index contributed by atoms with van der Waals surface area (Å²) in [5.74, 6) is 0.927. The zero-order valence-corrected chi connectivity index (χ0v) is 11.8. The summed E-state index contributed by atoms with van der Waals surface area (Å²) >= 11 is 0. The lowest BCUT2D eigenvalue weighted by molar-refractivity contribution is 0.414. The van der Waals surface area contributed by atoms with Crippen molar-refractivity contribution in [1.82, 2.24) is 10.3 Å². The van der Waals surface area contributed by atoms with Gasteiger partial charge in [0.15, 0.2) is 0 Å². The summed E-state index contributed by atoms with van der Waals surface area (Å²) in [5, 5.41) is 3.58. The van der Waals surface area contributed by atoms with Gasteiger partial charge in [0, 0.05) is 25.0 Å². The van der Waals surface area contributed by atoms with Crippen LogP contribution in [0.2, 0.25) is 0 Å². The van der Waals surface area contributed by atoms with Crippen LogP contribution in [0.1, 0.15) is 29.5 Å². The lowest BCUT2D eigenvalue weighted by Gasteiger charge is -2.12. The quantitative estimate of drug-likeness (QED) is 0.874. The molecule has 0 saturated heterocycles. The molecule has 1 heterocycles. The molecule has 3 rings (SSSR count). The summed E-state index contributed by atoms with van der Waals surface area (Å²) in [4.78, 5) is 4.07. The van der Waals surface area contributed by atoms with Gasteiger partial charge in [-0.3, -0.25) is 4.98 Å². The molecule has 104 valence electrons. The van der Waals surface area contributed by atoms with E-state index in [1.165, 1.54) is 29.5 Å². The van der Waals surface area contributed by atoms with E-state index in [4.69, 9.17) is 4.74 Å². The fraction of sp³-hybridized carbons (Fsp3) is 0.353. The Morgan fingerprint density at radius 2 is 1.95 bits per heavy atom. The molecular formula is C17H20N2O. The van der Waals surface area contributed by atoms with E-state index in [0.717, 1.165) is 24.8 Å². The number of aromatic nitrogens is 1. The van der Waals surface area contributed by atoms with Gasteiger partial charge in [0.1, 0.15) is 5.75 Å². The van der Waals surface area contributed by atoms with Gasteiger partial charge in [-0.25, -0.2) is 0 Å². The van der Waals surface area contributed by atoms with E-state index < -0.39 is 0 Å². The smallest absolute Gasteiger partial charge is 0.119 e. The molecule has 0 atom stereocenters. The third-order valence-electron chi connectivity index (χ3n) is 3.72. The van der Waals surface area contributed by atoms with Crippen LogP contribution in [-0.2, 0) is 13.0 Å². The molecule has 3 nitrogen and oxygen atoms in total. The van der Waals surface area contributed by atoms with Crippen LogP contribution in [0, 0.1) is 0 Å². The number of hydrogen-bond acceptors (Lipinski definition) is 3. The van der Waals surface area contributed by atoms with E-state index in [0.29, 0.717) is 0 Å². The van der Waals surface area contributed by atoms with Gasteiger partial charge in [-0.15, -0.1) is 0 Å². The molecule has 1 N–H and O–H groups in total. The highest BCUT2D eigenvalue weighted by molar-refractivity contribution is 5.38.